The Morgan fingerprint density at radius 2 is 1.89 bits per heavy atom. The molecule has 1 aromatic heterocycles. The van der Waals surface area contributed by atoms with Crippen molar-refractivity contribution < 1.29 is 13.9 Å². The molecule has 2 aromatic carbocycles. The summed E-state index contributed by atoms with van der Waals surface area (Å²) in [5, 5.41) is 0. The van der Waals surface area contributed by atoms with Gasteiger partial charge in [-0.2, -0.15) is 0 Å². The molecule has 1 spiro atoms. The summed E-state index contributed by atoms with van der Waals surface area (Å²) in [4.78, 5) is 17.7. The van der Waals surface area contributed by atoms with E-state index in [1.54, 1.807) is 24.5 Å². The van der Waals surface area contributed by atoms with E-state index in [9.17, 15) is 4.79 Å². The van der Waals surface area contributed by atoms with Gasteiger partial charge in [0, 0.05) is 30.5 Å². The van der Waals surface area contributed by atoms with Crippen LogP contribution in [0.2, 0.25) is 0 Å². The van der Waals surface area contributed by atoms with E-state index in [1.807, 2.05) is 43.4 Å². The minimum Gasteiger partial charge on any atom is -0.497 e. The highest BCUT2D eigenvalue weighted by Crippen LogP contribution is 2.57. The highest BCUT2D eigenvalue weighted by molar-refractivity contribution is 6.09. The molecule has 2 aliphatic heterocycles. The average molecular weight is 374 g/mol. The first-order valence-electron chi connectivity index (χ1n) is 9.47. The summed E-state index contributed by atoms with van der Waals surface area (Å²) in [5.41, 5.74) is 3.58. The lowest BCUT2D eigenvalue weighted by atomic mass is 9.73. The first-order chi connectivity index (χ1) is 13.7. The van der Waals surface area contributed by atoms with Crippen molar-refractivity contribution >= 4 is 17.3 Å². The van der Waals surface area contributed by atoms with E-state index in [-0.39, 0.29) is 11.9 Å². The highest BCUT2D eigenvalue weighted by atomic mass is 16.5. The lowest BCUT2D eigenvalue weighted by Crippen LogP contribution is -2.43. The third kappa shape index (κ3) is 2.16. The van der Waals surface area contributed by atoms with Crippen LogP contribution in [0.1, 0.15) is 23.6 Å². The maximum Gasteiger partial charge on any atom is 0.240 e. The van der Waals surface area contributed by atoms with Crippen molar-refractivity contribution in [1.29, 1.82) is 0 Å². The lowest BCUT2D eigenvalue weighted by molar-refractivity contribution is -0.123. The molecule has 2 aliphatic rings. The van der Waals surface area contributed by atoms with E-state index < -0.39 is 5.41 Å². The van der Waals surface area contributed by atoms with Crippen molar-refractivity contribution in [3.05, 3.63) is 78.3 Å². The smallest absolute Gasteiger partial charge is 0.240 e. The minimum absolute atomic E-state index is 0.127. The predicted molar refractivity (Wildman–Crippen MR) is 108 cm³/mol. The molecular formula is C23H22N2O3. The molecule has 0 aliphatic carbocycles. The van der Waals surface area contributed by atoms with Gasteiger partial charge in [0.25, 0.3) is 0 Å². The Balaban J connectivity index is 1.68. The van der Waals surface area contributed by atoms with E-state index in [0.29, 0.717) is 0 Å². The number of hydrogen-bond donors (Lipinski definition) is 0. The number of amides is 1. The normalized spacial score (nSPS) is 23.5. The van der Waals surface area contributed by atoms with E-state index >= 15 is 0 Å². The fourth-order valence-electron chi connectivity index (χ4n) is 4.95. The number of furan rings is 1. The van der Waals surface area contributed by atoms with Crippen LogP contribution in [-0.4, -0.2) is 26.6 Å². The van der Waals surface area contributed by atoms with Crippen LogP contribution >= 0.6 is 0 Å². The van der Waals surface area contributed by atoms with Crippen LogP contribution in [0, 0.1) is 0 Å². The van der Waals surface area contributed by atoms with Crippen molar-refractivity contribution in [3.8, 4) is 5.75 Å². The molecular weight excluding hydrogens is 352 g/mol. The zero-order valence-electron chi connectivity index (χ0n) is 16.0. The van der Waals surface area contributed by atoms with Gasteiger partial charge in [0.1, 0.15) is 11.2 Å². The summed E-state index contributed by atoms with van der Waals surface area (Å²) >= 11 is 0. The summed E-state index contributed by atoms with van der Waals surface area (Å²) in [6, 6.07) is 18.0. The second-order valence-electron chi connectivity index (χ2n) is 7.45. The van der Waals surface area contributed by atoms with Gasteiger partial charge in [0.15, 0.2) is 0 Å². The maximum atomic E-state index is 13.6. The third-order valence-electron chi connectivity index (χ3n) is 6.22. The summed E-state index contributed by atoms with van der Waals surface area (Å²) in [6.07, 6.45) is 4.21. The summed E-state index contributed by atoms with van der Waals surface area (Å²) in [7, 11) is 3.54. The van der Waals surface area contributed by atoms with E-state index in [0.717, 1.165) is 41.2 Å². The van der Waals surface area contributed by atoms with Crippen LogP contribution in [0.4, 0.5) is 11.4 Å². The van der Waals surface area contributed by atoms with Gasteiger partial charge in [-0.1, -0.05) is 18.2 Å². The summed E-state index contributed by atoms with van der Waals surface area (Å²) in [6.45, 7) is 0.788. The number of likely N-dealkylation sites (N-methyl/N-ethyl adjacent to an activating group) is 1. The number of nitrogens with zero attached hydrogens (tertiary/aromatic N) is 2. The monoisotopic (exact) mass is 374 g/mol. The molecule has 3 aromatic rings. The first kappa shape index (κ1) is 16.9. The largest absolute Gasteiger partial charge is 0.497 e. The van der Waals surface area contributed by atoms with Crippen molar-refractivity contribution in [2.75, 3.05) is 30.5 Å². The number of hydrogen-bond acceptors (Lipinski definition) is 4. The summed E-state index contributed by atoms with van der Waals surface area (Å²) < 4.78 is 10.7. The Morgan fingerprint density at radius 3 is 2.61 bits per heavy atom. The fraction of sp³-hybridized carbons (Fsp3) is 0.261. The molecule has 142 valence electrons. The third-order valence-corrected chi connectivity index (χ3v) is 6.22. The van der Waals surface area contributed by atoms with Crippen LogP contribution in [0.3, 0.4) is 0 Å². The SMILES string of the molecule is COc1ccc(N2CC[C@@]3(C(=O)N(C)c4ccccc43)[C@@H]2c2ccoc2)cc1. The predicted octanol–water partition coefficient (Wildman–Crippen LogP) is 4.15. The molecule has 0 unspecified atom stereocenters. The quantitative estimate of drug-likeness (QED) is 0.691. The fourth-order valence-corrected chi connectivity index (χ4v) is 4.95. The molecule has 5 nitrogen and oxygen atoms in total. The highest BCUT2D eigenvalue weighted by Gasteiger charge is 2.60. The second-order valence-corrected chi connectivity index (χ2v) is 7.45. The van der Waals surface area contributed by atoms with Crippen LogP contribution in [-0.2, 0) is 10.2 Å². The zero-order chi connectivity index (χ0) is 19.3. The molecule has 5 heteroatoms. The number of carbonyl (C=O) groups excluding carboxylic acids is 1. The Hall–Kier alpha value is -3.21. The van der Waals surface area contributed by atoms with Gasteiger partial charge >= 0.3 is 0 Å². The van der Waals surface area contributed by atoms with Crippen LogP contribution in [0.15, 0.2) is 71.5 Å². The molecule has 1 saturated heterocycles. The molecule has 0 bridgehead atoms. The zero-order valence-corrected chi connectivity index (χ0v) is 16.0. The number of benzene rings is 2. The van der Waals surface area contributed by atoms with Gasteiger partial charge in [-0.15, -0.1) is 0 Å². The topological polar surface area (TPSA) is 45.9 Å². The number of ether oxygens (including phenoxy) is 1. The van der Waals surface area contributed by atoms with Crippen molar-refractivity contribution in [3.63, 3.8) is 0 Å². The Morgan fingerprint density at radius 1 is 1.11 bits per heavy atom. The van der Waals surface area contributed by atoms with E-state index in [2.05, 4.69) is 23.1 Å². The van der Waals surface area contributed by atoms with Crippen LogP contribution in [0.5, 0.6) is 5.75 Å². The van der Waals surface area contributed by atoms with Gasteiger partial charge < -0.3 is 19.0 Å². The Bertz CT molecular complexity index is 1010. The molecule has 2 atom stereocenters. The molecule has 5 rings (SSSR count). The van der Waals surface area contributed by atoms with Crippen LogP contribution in [0.25, 0.3) is 0 Å². The van der Waals surface area contributed by atoms with Gasteiger partial charge in [-0.05, 0) is 48.4 Å². The minimum atomic E-state index is -0.616. The molecule has 28 heavy (non-hydrogen) atoms. The second kappa shape index (κ2) is 6.16. The maximum absolute atomic E-state index is 13.6. The standard InChI is InChI=1S/C23H22N2O3/c1-24-20-6-4-3-5-19(20)23(22(24)26)12-13-25(21(23)16-11-14-28-15-16)17-7-9-18(27-2)10-8-17/h3-11,14-15,21H,12-13H2,1-2H3/t21-,23-/m0/s1. The molecule has 0 saturated carbocycles. The number of carbonyl (C=O) groups is 1. The molecule has 0 N–H and O–H groups in total. The average Bonchev–Trinajstić information content (AvgIpc) is 3.44. The Labute approximate surface area is 164 Å². The number of para-hydroxylation sites is 1. The van der Waals surface area contributed by atoms with E-state index in [4.69, 9.17) is 9.15 Å². The number of fused-ring (bicyclic) bond motifs is 2. The molecule has 1 amide bonds. The van der Waals surface area contributed by atoms with Gasteiger partial charge in [-0.25, -0.2) is 0 Å². The molecule has 0 radical (unpaired) electrons. The number of anilines is 2. The van der Waals surface area contributed by atoms with E-state index in [1.165, 1.54) is 0 Å². The van der Waals surface area contributed by atoms with Gasteiger partial charge in [0.2, 0.25) is 5.91 Å². The van der Waals surface area contributed by atoms with Crippen LogP contribution < -0.4 is 14.5 Å². The number of methoxy groups -OCH3 is 1. The molecule has 1 fully saturated rings. The lowest BCUT2D eigenvalue weighted by Gasteiger charge is -2.35. The molecule has 3 heterocycles. The first-order valence-corrected chi connectivity index (χ1v) is 9.47. The summed E-state index contributed by atoms with van der Waals surface area (Å²) in [5.74, 6) is 0.968. The van der Waals surface area contributed by atoms with Crippen molar-refractivity contribution in [2.24, 2.45) is 0 Å². The van der Waals surface area contributed by atoms with Crippen molar-refractivity contribution in [1.82, 2.24) is 0 Å². The number of rotatable bonds is 3. The van der Waals surface area contributed by atoms with Crippen molar-refractivity contribution in [2.45, 2.75) is 17.9 Å². The van der Waals surface area contributed by atoms with Gasteiger partial charge in [-0.3, -0.25) is 4.79 Å². The van der Waals surface area contributed by atoms with Gasteiger partial charge in [0.05, 0.1) is 25.7 Å². The Kier molecular flexibility index (Phi) is 3.72.